The Morgan fingerprint density at radius 3 is 2.63 bits per heavy atom. The summed E-state index contributed by atoms with van der Waals surface area (Å²) in [5.74, 6) is 3.94. The van der Waals surface area contributed by atoms with Crippen molar-refractivity contribution in [3.63, 3.8) is 0 Å². The van der Waals surface area contributed by atoms with Crippen molar-refractivity contribution in [1.29, 1.82) is 0 Å². The summed E-state index contributed by atoms with van der Waals surface area (Å²) in [6, 6.07) is 0. The van der Waals surface area contributed by atoms with Crippen molar-refractivity contribution < 1.29 is 4.74 Å². The highest BCUT2D eigenvalue weighted by atomic mass is 32.2. The van der Waals surface area contributed by atoms with Gasteiger partial charge in [-0.05, 0) is 55.8 Å². The van der Waals surface area contributed by atoms with E-state index < -0.39 is 0 Å². The van der Waals surface area contributed by atoms with Crippen LogP contribution in [0.15, 0.2) is 0 Å². The minimum absolute atomic E-state index is 0.571. The first kappa shape index (κ1) is 14.3. The van der Waals surface area contributed by atoms with Crippen LogP contribution in [0.3, 0.4) is 0 Å². The molecule has 2 saturated carbocycles. The topological polar surface area (TPSA) is 9.23 Å². The van der Waals surface area contributed by atoms with Crippen LogP contribution in [0.2, 0.25) is 0 Å². The summed E-state index contributed by atoms with van der Waals surface area (Å²) in [5, 5.41) is 1.88. The van der Waals surface area contributed by atoms with Crippen LogP contribution in [0.1, 0.15) is 59.3 Å². The van der Waals surface area contributed by atoms with Gasteiger partial charge in [0.25, 0.3) is 0 Å². The van der Waals surface area contributed by atoms with E-state index in [2.05, 4.69) is 32.5 Å². The third kappa shape index (κ3) is 2.72. The molecule has 0 aromatic carbocycles. The molecule has 0 N–H and O–H groups in total. The van der Waals surface area contributed by atoms with Crippen LogP contribution in [0.25, 0.3) is 0 Å². The van der Waals surface area contributed by atoms with E-state index >= 15 is 0 Å². The van der Waals surface area contributed by atoms with E-state index in [0.717, 1.165) is 47.2 Å². The maximum atomic E-state index is 6.03. The minimum atomic E-state index is 0.571. The molecule has 3 aliphatic rings. The predicted octanol–water partition coefficient (Wildman–Crippen LogP) is 4.75. The fraction of sp³-hybridized carbons (Fsp3) is 1.00. The van der Waals surface area contributed by atoms with Gasteiger partial charge < -0.3 is 4.74 Å². The summed E-state index contributed by atoms with van der Waals surface area (Å²) >= 11 is 2.35. The Labute approximate surface area is 123 Å². The Bertz CT molecular complexity index is 306. The van der Waals surface area contributed by atoms with Crippen LogP contribution in [0, 0.1) is 23.7 Å². The van der Waals surface area contributed by atoms with Crippen molar-refractivity contribution in [1.82, 2.24) is 0 Å². The molecule has 1 saturated heterocycles. The fourth-order valence-corrected chi connectivity index (χ4v) is 7.00. The second kappa shape index (κ2) is 5.97. The summed E-state index contributed by atoms with van der Waals surface area (Å²) in [4.78, 5) is 0. The van der Waals surface area contributed by atoms with Crippen LogP contribution in [0.4, 0.5) is 0 Å². The van der Waals surface area contributed by atoms with E-state index in [4.69, 9.17) is 4.74 Å². The number of hydrogen-bond donors (Lipinski definition) is 0. The van der Waals surface area contributed by atoms with Gasteiger partial charge in [-0.15, -0.1) is 0 Å². The Hall–Kier alpha value is 0.310. The van der Waals surface area contributed by atoms with Crippen molar-refractivity contribution in [2.45, 2.75) is 75.9 Å². The van der Waals surface area contributed by atoms with Gasteiger partial charge in [0.1, 0.15) is 0 Å². The first-order chi connectivity index (χ1) is 9.20. The second-order valence-electron chi connectivity index (χ2n) is 7.19. The summed E-state index contributed by atoms with van der Waals surface area (Å²) in [7, 11) is 0. The quantitative estimate of drug-likeness (QED) is 0.739. The third-order valence-electron chi connectivity index (χ3n) is 6.03. The van der Waals surface area contributed by atoms with Crippen molar-refractivity contribution in [3.8, 4) is 0 Å². The molecule has 1 heterocycles. The maximum Gasteiger partial charge on any atom is 0.0585 e. The molecule has 0 bridgehead atoms. The molecule has 3 fully saturated rings. The third-order valence-corrected chi connectivity index (χ3v) is 8.01. The molecule has 1 nitrogen and oxygen atoms in total. The van der Waals surface area contributed by atoms with E-state index in [1.54, 1.807) is 0 Å². The monoisotopic (exact) mass is 282 g/mol. The largest absolute Gasteiger partial charge is 0.378 e. The van der Waals surface area contributed by atoms with Gasteiger partial charge in [0.15, 0.2) is 0 Å². The molecule has 19 heavy (non-hydrogen) atoms. The lowest BCUT2D eigenvalue weighted by Crippen LogP contribution is -2.36. The molecular weight excluding hydrogens is 252 g/mol. The van der Waals surface area contributed by atoms with E-state index in [1.165, 1.54) is 32.1 Å². The molecular formula is C17H30OS. The van der Waals surface area contributed by atoms with Crippen molar-refractivity contribution in [3.05, 3.63) is 0 Å². The molecule has 110 valence electrons. The number of ether oxygens (including phenoxy) is 1. The lowest BCUT2D eigenvalue weighted by molar-refractivity contribution is 0.0132. The Kier molecular flexibility index (Phi) is 4.48. The SMILES string of the molecule is CCCOC1CCC2C(C1)SC1C(C)C(C)CCC21. The molecule has 0 aromatic heterocycles. The van der Waals surface area contributed by atoms with Crippen molar-refractivity contribution in [2.75, 3.05) is 6.61 Å². The molecule has 7 unspecified atom stereocenters. The number of rotatable bonds is 3. The van der Waals surface area contributed by atoms with E-state index in [9.17, 15) is 0 Å². The highest BCUT2D eigenvalue weighted by Crippen LogP contribution is 2.57. The molecule has 0 spiro atoms. The molecule has 3 rings (SSSR count). The Morgan fingerprint density at radius 1 is 1.05 bits per heavy atom. The van der Waals surface area contributed by atoms with Gasteiger partial charge in [-0.3, -0.25) is 0 Å². The molecule has 2 aliphatic carbocycles. The number of thioether (sulfide) groups is 1. The van der Waals surface area contributed by atoms with Gasteiger partial charge in [0, 0.05) is 17.1 Å². The average molecular weight is 282 g/mol. The zero-order valence-electron chi connectivity index (χ0n) is 12.8. The predicted molar refractivity (Wildman–Crippen MR) is 83.6 cm³/mol. The maximum absolute atomic E-state index is 6.03. The molecule has 0 amide bonds. The first-order valence-electron chi connectivity index (χ1n) is 8.47. The average Bonchev–Trinajstić information content (AvgIpc) is 2.79. The van der Waals surface area contributed by atoms with Crippen molar-refractivity contribution >= 4 is 11.8 Å². The summed E-state index contributed by atoms with van der Waals surface area (Å²) in [5.41, 5.74) is 0. The summed E-state index contributed by atoms with van der Waals surface area (Å²) in [6.45, 7) is 8.16. The lowest BCUT2D eigenvalue weighted by atomic mass is 9.67. The molecule has 7 atom stereocenters. The van der Waals surface area contributed by atoms with Crippen LogP contribution >= 0.6 is 11.8 Å². The fourth-order valence-electron chi connectivity index (χ4n) is 4.68. The Balaban J connectivity index is 1.62. The molecule has 0 radical (unpaired) electrons. The second-order valence-corrected chi connectivity index (χ2v) is 8.61. The normalized spacial score (nSPS) is 49.7. The van der Waals surface area contributed by atoms with Crippen LogP contribution in [-0.2, 0) is 4.74 Å². The van der Waals surface area contributed by atoms with E-state index in [-0.39, 0.29) is 0 Å². The van der Waals surface area contributed by atoms with E-state index in [1.807, 2.05) is 0 Å². The highest BCUT2D eigenvalue weighted by molar-refractivity contribution is 8.00. The Morgan fingerprint density at radius 2 is 1.84 bits per heavy atom. The van der Waals surface area contributed by atoms with Crippen LogP contribution in [0.5, 0.6) is 0 Å². The molecule has 2 heteroatoms. The van der Waals surface area contributed by atoms with Crippen molar-refractivity contribution in [2.24, 2.45) is 23.7 Å². The zero-order valence-corrected chi connectivity index (χ0v) is 13.6. The number of fused-ring (bicyclic) bond motifs is 3. The standard InChI is InChI=1S/C17H30OS/c1-4-9-18-13-6-8-14-15-7-5-11(2)12(3)17(15)19-16(14)10-13/h11-17H,4-10H2,1-3H3. The minimum Gasteiger partial charge on any atom is -0.378 e. The van der Waals surface area contributed by atoms with E-state index in [0.29, 0.717) is 6.10 Å². The highest BCUT2D eigenvalue weighted by Gasteiger charge is 2.50. The van der Waals surface area contributed by atoms with Crippen LogP contribution < -0.4 is 0 Å². The van der Waals surface area contributed by atoms with Crippen LogP contribution in [-0.4, -0.2) is 23.2 Å². The van der Waals surface area contributed by atoms with Gasteiger partial charge in [0.2, 0.25) is 0 Å². The van der Waals surface area contributed by atoms with Gasteiger partial charge in [0.05, 0.1) is 6.10 Å². The van der Waals surface area contributed by atoms with Gasteiger partial charge >= 0.3 is 0 Å². The zero-order chi connectivity index (χ0) is 13.4. The smallest absolute Gasteiger partial charge is 0.0585 e. The summed E-state index contributed by atoms with van der Waals surface area (Å²) < 4.78 is 6.03. The van der Waals surface area contributed by atoms with Gasteiger partial charge in [-0.1, -0.05) is 27.2 Å². The summed E-state index contributed by atoms with van der Waals surface area (Å²) in [6.07, 6.45) is 8.82. The van der Waals surface area contributed by atoms with Gasteiger partial charge in [-0.25, -0.2) is 0 Å². The first-order valence-corrected chi connectivity index (χ1v) is 9.42. The molecule has 0 aromatic rings. The number of hydrogen-bond acceptors (Lipinski definition) is 2. The lowest BCUT2D eigenvalue weighted by Gasteiger charge is -2.38. The molecule has 1 aliphatic heterocycles. The van der Waals surface area contributed by atoms with Gasteiger partial charge in [-0.2, -0.15) is 11.8 Å².